The Morgan fingerprint density at radius 3 is 2.81 bits per heavy atom. The van der Waals surface area contributed by atoms with E-state index in [1.807, 2.05) is 12.1 Å². The third kappa shape index (κ3) is 5.20. The van der Waals surface area contributed by atoms with Crippen molar-refractivity contribution in [1.82, 2.24) is 10.3 Å². The summed E-state index contributed by atoms with van der Waals surface area (Å²) in [5, 5.41) is 5.95. The van der Waals surface area contributed by atoms with E-state index in [1.54, 1.807) is 12.1 Å². The molecule has 9 heteroatoms. The summed E-state index contributed by atoms with van der Waals surface area (Å²) < 4.78 is 43.7. The van der Waals surface area contributed by atoms with Gasteiger partial charge in [0.25, 0.3) is 5.91 Å². The van der Waals surface area contributed by atoms with Crippen molar-refractivity contribution >= 4 is 12.1 Å². The molecule has 138 valence electrons. The molecule has 0 fully saturated rings. The van der Waals surface area contributed by atoms with Gasteiger partial charge in [-0.05, 0) is 12.1 Å². The van der Waals surface area contributed by atoms with Gasteiger partial charge in [0.1, 0.15) is 12.4 Å². The Kier molecular flexibility index (Phi) is 6.54. The fourth-order valence-electron chi connectivity index (χ4n) is 2.08. The van der Waals surface area contributed by atoms with Gasteiger partial charge in [0.2, 0.25) is 0 Å². The van der Waals surface area contributed by atoms with Crippen molar-refractivity contribution in [2.45, 2.75) is 12.8 Å². The minimum Gasteiger partial charge on any atom is -0.496 e. The van der Waals surface area contributed by atoms with E-state index in [4.69, 9.17) is 9.57 Å². The van der Waals surface area contributed by atoms with Crippen LogP contribution in [0, 0.1) is 0 Å². The first-order valence-electron chi connectivity index (χ1n) is 7.48. The van der Waals surface area contributed by atoms with Gasteiger partial charge in [-0.1, -0.05) is 23.4 Å². The first kappa shape index (κ1) is 19.2. The SMILES string of the molecule is COc1ccccc1CON=CCNC(=O)c1cnccc1C(F)(F)F. The van der Waals surface area contributed by atoms with E-state index in [2.05, 4.69) is 15.5 Å². The van der Waals surface area contributed by atoms with E-state index >= 15 is 0 Å². The van der Waals surface area contributed by atoms with E-state index in [1.165, 1.54) is 13.3 Å². The van der Waals surface area contributed by atoms with E-state index in [0.717, 1.165) is 24.0 Å². The number of halogens is 3. The van der Waals surface area contributed by atoms with Crippen LogP contribution in [-0.2, 0) is 17.6 Å². The molecule has 26 heavy (non-hydrogen) atoms. The molecular weight excluding hydrogens is 351 g/mol. The monoisotopic (exact) mass is 367 g/mol. The predicted octanol–water partition coefficient (Wildman–Crippen LogP) is 3.04. The third-order valence-corrected chi connectivity index (χ3v) is 3.29. The van der Waals surface area contributed by atoms with Crippen LogP contribution in [0.5, 0.6) is 5.75 Å². The van der Waals surface area contributed by atoms with E-state index < -0.39 is 23.2 Å². The Bertz CT molecular complexity index is 779. The highest BCUT2D eigenvalue weighted by atomic mass is 19.4. The first-order valence-corrected chi connectivity index (χ1v) is 7.48. The Labute approximate surface area is 147 Å². The lowest BCUT2D eigenvalue weighted by molar-refractivity contribution is -0.138. The molecule has 0 spiro atoms. The molecule has 0 aliphatic carbocycles. The van der Waals surface area contributed by atoms with E-state index in [-0.39, 0.29) is 13.2 Å². The maximum Gasteiger partial charge on any atom is 0.417 e. The quantitative estimate of drug-likeness (QED) is 0.603. The van der Waals surface area contributed by atoms with Crippen LogP contribution in [0.3, 0.4) is 0 Å². The van der Waals surface area contributed by atoms with Crippen molar-refractivity contribution in [2.24, 2.45) is 5.16 Å². The normalized spacial score (nSPS) is 11.4. The highest BCUT2D eigenvalue weighted by molar-refractivity contribution is 5.96. The largest absolute Gasteiger partial charge is 0.496 e. The third-order valence-electron chi connectivity index (χ3n) is 3.29. The zero-order valence-corrected chi connectivity index (χ0v) is 13.8. The molecule has 0 aliphatic heterocycles. The lowest BCUT2D eigenvalue weighted by Crippen LogP contribution is -2.28. The van der Waals surface area contributed by atoms with Gasteiger partial charge in [0, 0.05) is 18.0 Å². The van der Waals surface area contributed by atoms with Crippen molar-refractivity contribution in [3.8, 4) is 5.75 Å². The van der Waals surface area contributed by atoms with Gasteiger partial charge < -0.3 is 14.9 Å². The second kappa shape index (κ2) is 8.84. The summed E-state index contributed by atoms with van der Waals surface area (Å²) in [6.07, 6.45) is -1.56. The number of carbonyl (C=O) groups is 1. The van der Waals surface area contributed by atoms with Crippen LogP contribution in [0.15, 0.2) is 47.9 Å². The molecule has 1 aromatic heterocycles. The molecule has 6 nitrogen and oxygen atoms in total. The second-order valence-electron chi connectivity index (χ2n) is 5.00. The van der Waals surface area contributed by atoms with Gasteiger partial charge in [-0.3, -0.25) is 9.78 Å². The number of amides is 1. The Morgan fingerprint density at radius 1 is 1.31 bits per heavy atom. The van der Waals surface area contributed by atoms with Gasteiger partial charge in [-0.2, -0.15) is 13.2 Å². The number of hydrogen-bond donors (Lipinski definition) is 1. The summed E-state index contributed by atoms with van der Waals surface area (Å²) in [5.41, 5.74) is -0.820. The van der Waals surface area contributed by atoms with Crippen molar-refractivity contribution < 1.29 is 27.5 Å². The average molecular weight is 367 g/mol. The summed E-state index contributed by atoms with van der Waals surface area (Å²) in [4.78, 5) is 20.5. The molecule has 2 rings (SSSR count). The standard InChI is InChI=1S/C17H16F3N3O3/c1-25-15-5-3-2-4-12(15)11-26-23-9-8-22-16(24)13-10-21-7-6-14(13)17(18,19)20/h2-7,9-10H,8,11H2,1H3,(H,22,24). The number of pyridine rings is 1. The Morgan fingerprint density at radius 2 is 2.08 bits per heavy atom. The molecule has 1 N–H and O–H groups in total. The smallest absolute Gasteiger partial charge is 0.417 e. The van der Waals surface area contributed by atoms with E-state index in [0.29, 0.717) is 5.75 Å². The molecular formula is C17H16F3N3O3. The second-order valence-corrected chi connectivity index (χ2v) is 5.00. The number of rotatable bonds is 7. The molecule has 0 unspecified atom stereocenters. The van der Waals surface area contributed by atoms with Crippen LogP contribution < -0.4 is 10.1 Å². The number of ether oxygens (including phenoxy) is 1. The molecule has 0 bridgehead atoms. The van der Waals surface area contributed by atoms with Crippen LogP contribution in [0.25, 0.3) is 0 Å². The van der Waals surface area contributed by atoms with Crippen LogP contribution >= 0.6 is 0 Å². The van der Waals surface area contributed by atoms with Crippen LogP contribution in [-0.4, -0.2) is 30.8 Å². The maximum atomic E-state index is 12.9. The number of nitrogens with one attached hydrogen (secondary N) is 1. The zero-order valence-electron chi connectivity index (χ0n) is 13.8. The van der Waals surface area contributed by atoms with E-state index in [9.17, 15) is 18.0 Å². The Hall–Kier alpha value is -3.10. The molecule has 0 aliphatic rings. The van der Waals surface area contributed by atoms with Gasteiger partial charge in [0.15, 0.2) is 0 Å². The van der Waals surface area contributed by atoms with Gasteiger partial charge in [0.05, 0.1) is 31.0 Å². The number of hydrogen-bond acceptors (Lipinski definition) is 5. The molecule has 0 saturated heterocycles. The minimum absolute atomic E-state index is 0.100. The maximum absolute atomic E-state index is 12.9. The molecule has 1 aromatic carbocycles. The van der Waals surface area contributed by atoms with Crippen molar-refractivity contribution in [3.63, 3.8) is 0 Å². The zero-order chi connectivity index (χ0) is 19.0. The number of alkyl halides is 3. The number of benzene rings is 1. The number of oxime groups is 1. The van der Waals surface area contributed by atoms with Crippen molar-refractivity contribution in [3.05, 3.63) is 59.4 Å². The van der Waals surface area contributed by atoms with Crippen LogP contribution in [0.2, 0.25) is 0 Å². The molecule has 0 radical (unpaired) electrons. The number of methoxy groups -OCH3 is 1. The minimum atomic E-state index is -4.64. The van der Waals surface area contributed by atoms with Crippen LogP contribution in [0.1, 0.15) is 21.5 Å². The van der Waals surface area contributed by atoms with Crippen molar-refractivity contribution in [1.29, 1.82) is 0 Å². The molecule has 2 aromatic rings. The lowest BCUT2D eigenvalue weighted by Gasteiger charge is -2.11. The molecule has 0 saturated carbocycles. The summed E-state index contributed by atoms with van der Waals surface area (Å²) in [6.45, 7) is 0.0479. The first-order chi connectivity index (χ1) is 12.4. The summed E-state index contributed by atoms with van der Waals surface area (Å²) in [6, 6.07) is 7.96. The number of carbonyl (C=O) groups excluding carboxylic acids is 1. The Balaban J connectivity index is 1.85. The average Bonchev–Trinajstić information content (AvgIpc) is 2.64. The van der Waals surface area contributed by atoms with Gasteiger partial charge in [-0.25, -0.2) is 0 Å². The van der Waals surface area contributed by atoms with Gasteiger partial charge >= 0.3 is 6.18 Å². The molecule has 0 atom stereocenters. The predicted molar refractivity (Wildman–Crippen MR) is 87.8 cm³/mol. The highest BCUT2D eigenvalue weighted by Crippen LogP contribution is 2.31. The van der Waals surface area contributed by atoms with Gasteiger partial charge in [-0.15, -0.1) is 0 Å². The number of aromatic nitrogens is 1. The summed E-state index contributed by atoms with van der Waals surface area (Å²) >= 11 is 0. The number of para-hydroxylation sites is 1. The highest BCUT2D eigenvalue weighted by Gasteiger charge is 2.35. The lowest BCUT2D eigenvalue weighted by atomic mass is 10.1. The summed E-state index contributed by atoms with van der Waals surface area (Å²) in [5.74, 6) is -0.256. The molecule has 1 heterocycles. The fraction of sp³-hybridized carbons (Fsp3) is 0.235. The summed E-state index contributed by atoms with van der Waals surface area (Å²) in [7, 11) is 1.53. The van der Waals surface area contributed by atoms with Crippen LogP contribution in [0.4, 0.5) is 13.2 Å². The number of nitrogens with zero attached hydrogens (tertiary/aromatic N) is 2. The van der Waals surface area contributed by atoms with Crippen molar-refractivity contribution in [2.75, 3.05) is 13.7 Å². The molecule has 1 amide bonds. The fourth-order valence-corrected chi connectivity index (χ4v) is 2.08. The topological polar surface area (TPSA) is 72.8 Å².